The number of hydrogen-bond acceptors (Lipinski definition) is 3. The quantitative estimate of drug-likeness (QED) is 0.366. The highest BCUT2D eigenvalue weighted by molar-refractivity contribution is 6.00. The number of ketones is 1. The van der Waals surface area contributed by atoms with Crippen molar-refractivity contribution < 1.29 is 14.3 Å². The molecule has 2 atom stereocenters. The highest BCUT2D eigenvalue weighted by atomic mass is 19.1. The Hall–Kier alpha value is -1.91. The van der Waals surface area contributed by atoms with Crippen LogP contribution in [0.15, 0.2) is 29.4 Å². The third-order valence-corrected chi connectivity index (χ3v) is 2.03. The molecule has 0 amide bonds. The van der Waals surface area contributed by atoms with Gasteiger partial charge in [0.25, 0.3) is 0 Å². The van der Waals surface area contributed by atoms with Gasteiger partial charge in [0.1, 0.15) is 11.9 Å². The van der Waals surface area contributed by atoms with Crippen LogP contribution in [0.1, 0.15) is 17.3 Å². The van der Waals surface area contributed by atoms with Crippen LogP contribution in [-0.4, -0.2) is 23.0 Å². The fourth-order valence-electron chi connectivity index (χ4n) is 1.21. The summed E-state index contributed by atoms with van der Waals surface area (Å²) in [5.74, 6) is -0.998. The van der Waals surface area contributed by atoms with Crippen LogP contribution in [0, 0.1) is 5.82 Å². The predicted octanol–water partition coefficient (Wildman–Crippen LogP) is 2.07. The van der Waals surface area contributed by atoms with E-state index < -0.39 is 23.7 Å². The Morgan fingerprint density at radius 1 is 1.50 bits per heavy atom. The summed E-state index contributed by atoms with van der Waals surface area (Å²) in [5, 5.41) is 12.5. The van der Waals surface area contributed by atoms with E-state index >= 15 is 0 Å². The lowest BCUT2D eigenvalue weighted by atomic mass is 10.0. The van der Waals surface area contributed by atoms with Crippen molar-refractivity contribution in [3.05, 3.63) is 46.1 Å². The Labute approximate surface area is 91.1 Å². The molecule has 1 N–H and O–H groups in total. The Morgan fingerprint density at radius 2 is 2.06 bits per heavy atom. The number of rotatable bonds is 4. The van der Waals surface area contributed by atoms with Crippen LogP contribution >= 0.6 is 0 Å². The summed E-state index contributed by atoms with van der Waals surface area (Å²) in [6.45, 7) is 1.35. The highest BCUT2D eigenvalue weighted by Crippen LogP contribution is 2.11. The van der Waals surface area contributed by atoms with Crippen molar-refractivity contribution >= 4 is 5.78 Å². The van der Waals surface area contributed by atoms with Crippen LogP contribution in [0.5, 0.6) is 0 Å². The lowest BCUT2D eigenvalue weighted by Crippen LogP contribution is -2.29. The molecule has 84 valence electrons. The molecule has 0 radical (unpaired) electrons. The molecule has 0 aliphatic rings. The number of aliphatic hydroxyl groups is 1. The van der Waals surface area contributed by atoms with E-state index in [-0.39, 0.29) is 5.56 Å². The summed E-state index contributed by atoms with van der Waals surface area (Å²) in [4.78, 5) is 14.2. The minimum atomic E-state index is -1.18. The Balaban J connectivity index is 2.99. The van der Waals surface area contributed by atoms with Crippen molar-refractivity contribution in [1.82, 2.24) is 0 Å². The SMILES string of the molecule is C[C@H](O)[C@@H](N=[N+]=[N-])C(=O)c1ccc(F)cc1. The fourth-order valence-corrected chi connectivity index (χ4v) is 1.21. The number of Topliss-reactive ketones (excluding diaryl/α,β-unsaturated/α-hetero) is 1. The van der Waals surface area contributed by atoms with Gasteiger partial charge in [0.05, 0.1) is 6.10 Å². The molecule has 5 nitrogen and oxygen atoms in total. The van der Waals surface area contributed by atoms with Gasteiger partial charge in [0.2, 0.25) is 0 Å². The van der Waals surface area contributed by atoms with Crippen molar-refractivity contribution in [1.29, 1.82) is 0 Å². The van der Waals surface area contributed by atoms with Crippen molar-refractivity contribution in [3.8, 4) is 0 Å². The average molecular weight is 223 g/mol. The summed E-state index contributed by atoms with van der Waals surface area (Å²) >= 11 is 0. The van der Waals surface area contributed by atoms with Gasteiger partial charge in [-0.3, -0.25) is 4.79 Å². The Morgan fingerprint density at radius 3 is 2.50 bits per heavy atom. The minimum Gasteiger partial charge on any atom is -0.393 e. The van der Waals surface area contributed by atoms with Crippen LogP contribution in [0.25, 0.3) is 10.4 Å². The van der Waals surface area contributed by atoms with Crippen LogP contribution in [0.4, 0.5) is 4.39 Å². The molecule has 0 aliphatic heterocycles. The van der Waals surface area contributed by atoms with Crippen LogP contribution < -0.4 is 0 Å². The zero-order valence-electron chi connectivity index (χ0n) is 8.54. The average Bonchev–Trinajstić information content (AvgIpc) is 2.25. The van der Waals surface area contributed by atoms with E-state index in [2.05, 4.69) is 10.0 Å². The summed E-state index contributed by atoms with van der Waals surface area (Å²) in [7, 11) is 0. The van der Waals surface area contributed by atoms with Gasteiger partial charge in [-0.05, 0) is 36.7 Å². The molecule has 0 heterocycles. The normalized spacial score (nSPS) is 13.7. The molecular formula is C10H10FN3O2. The van der Waals surface area contributed by atoms with E-state index in [1.807, 2.05) is 0 Å². The standard InChI is InChI=1S/C10H10FN3O2/c1-6(15)9(13-14-12)10(16)7-2-4-8(11)5-3-7/h2-6,9,15H,1H3/t6-,9+/m0/s1. The molecule has 0 bridgehead atoms. The zero-order valence-corrected chi connectivity index (χ0v) is 8.54. The monoisotopic (exact) mass is 223 g/mol. The largest absolute Gasteiger partial charge is 0.393 e. The molecule has 0 fully saturated rings. The Kier molecular flexibility index (Phi) is 3.99. The first-order chi connectivity index (χ1) is 7.56. The molecule has 0 aromatic heterocycles. The van der Waals surface area contributed by atoms with Crippen molar-refractivity contribution in [2.75, 3.05) is 0 Å². The van der Waals surface area contributed by atoms with E-state index in [0.717, 1.165) is 12.1 Å². The topological polar surface area (TPSA) is 86.1 Å². The Bertz CT molecular complexity index is 424. The van der Waals surface area contributed by atoms with Crippen LogP contribution in [-0.2, 0) is 0 Å². The van der Waals surface area contributed by atoms with Gasteiger partial charge in [-0.1, -0.05) is 5.11 Å². The number of azide groups is 1. The maximum absolute atomic E-state index is 12.6. The number of aliphatic hydroxyl groups excluding tert-OH is 1. The van der Waals surface area contributed by atoms with Crippen LogP contribution in [0.2, 0.25) is 0 Å². The summed E-state index contributed by atoms with van der Waals surface area (Å²) in [6.07, 6.45) is -1.09. The van der Waals surface area contributed by atoms with E-state index in [1.54, 1.807) is 0 Å². The van der Waals surface area contributed by atoms with Gasteiger partial charge in [-0.2, -0.15) is 0 Å². The number of nitrogens with zero attached hydrogens (tertiary/aromatic N) is 3. The van der Waals surface area contributed by atoms with Gasteiger partial charge in [-0.15, -0.1) is 0 Å². The third-order valence-electron chi connectivity index (χ3n) is 2.03. The molecule has 16 heavy (non-hydrogen) atoms. The molecule has 0 aliphatic carbocycles. The molecule has 6 heteroatoms. The minimum absolute atomic E-state index is 0.194. The van der Waals surface area contributed by atoms with Crippen LogP contribution in [0.3, 0.4) is 0 Å². The molecule has 0 saturated carbocycles. The molecule has 1 aromatic rings. The van der Waals surface area contributed by atoms with Gasteiger partial charge >= 0.3 is 0 Å². The smallest absolute Gasteiger partial charge is 0.174 e. The maximum Gasteiger partial charge on any atom is 0.174 e. The lowest BCUT2D eigenvalue weighted by Gasteiger charge is -2.12. The molecule has 1 aromatic carbocycles. The van der Waals surface area contributed by atoms with E-state index in [1.165, 1.54) is 19.1 Å². The molecule has 0 unspecified atom stereocenters. The van der Waals surface area contributed by atoms with E-state index in [0.29, 0.717) is 0 Å². The van der Waals surface area contributed by atoms with Gasteiger partial charge in [-0.25, -0.2) is 4.39 Å². The fraction of sp³-hybridized carbons (Fsp3) is 0.300. The number of halogens is 1. The first-order valence-corrected chi connectivity index (χ1v) is 4.58. The molecular weight excluding hydrogens is 213 g/mol. The van der Waals surface area contributed by atoms with E-state index in [4.69, 9.17) is 5.53 Å². The number of hydrogen-bond donors (Lipinski definition) is 1. The van der Waals surface area contributed by atoms with Gasteiger partial charge in [0, 0.05) is 10.5 Å². The second kappa shape index (κ2) is 5.25. The van der Waals surface area contributed by atoms with Crippen molar-refractivity contribution in [2.24, 2.45) is 5.11 Å². The number of carbonyl (C=O) groups excluding carboxylic acids is 1. The number of carbonyl (C=O) groups is 1. The predicted molar refractivity (Wildman–Crippen MR) is 55.3 cm³/mol. The molecule has 1 rings (SSSR count). The second-order valence-corrected chi connectivity index (χ2v) is 3.26. The summed E-state index contributed by atoms with van der Waals surface area (Å²) < 4.78 is 12.6. The molecule has 0 saturated heterocycles. The van der Waals surface area contributed by atoms with Gasteiger partial charge < -0.3 is 5.11 Å². The van der Waals surface area contributed by atoms with Crippen molar-refractivity contribution in [3.63, 3.8) is 0 Å². The second-order valence-electron chi connectivity index (χ2n) is 3.26. The highest BCUT2D eigenvalue weighted by Gasteiger charge is 2.23. The first-order valence-electron chi connectivity index (χ1n) is 4.58. The zero-order chi connectivity index (χ0) is 12.1. The maximum atomic E-state index is 12.6. The van der Waals surface area contributed by atoms with E-state index in [9.17, 15) is 14.3 Å². The third kappa shape index (κ3) is 2.79. The van der Waals surface area contributed by atoms with Gasteiger partial charge in [0.15, 0.2) is 5.78 Å². The van der Waals surface area contributed by atoms with Crippen molar-refractivity contribution in [2.45, 2.75) is 19.1 Å². The summed E-state index contributed by atoms with van der Waals surface area (Å²) in [5.41, 5.74) is 8.45. The first kappa shape index (κ1) is 12.2. The summed E-state index contributed by atoms with van der Waals surface area (Å²) in [6, 6.07) is 3.63. The lowest BCUT2D eigenvalue weighted by molar-refractivity contribution is 0.0848. The number of benzene rings is 1. The molecule has 0 spiro atoms.